The molecule has 0 spiro atoms. The normalized spacial score (nSPS) is 12.0. The van der Waals surface area contributed by atoms with Crippen molar-refractivity contribution in [1.29, 1.82) is 0 Å². The number of nitrogens with one attached hydrogen (secondary N) is 1. The first-order valence-electron chi connectivity index (χ1n) is 7.26. The van der Waals surface area contributed by atoms with Gasteiger partial charge in [0.05, 0.1) is 5.56 Å². The molecule has 0 saturated carbocycles. The van der Waals surface area contributed by atoms with Crippen molar-refractivity contribution in [2.75, 3.05) is 0 Å². The first-order valence-corrected chi connectivity index (χ1v) is 8.14. The molecule has 8 heteroatoms. The topological polar surface area (TPSA) is 50.2 Å². The summed E-state index contributed by atoms with van der Waals surface area (Å²) >= 11 is 1.38. The van der Waals surface area contributed by atoms with Crippen LogP contribution in [0.1, 0.15) is 5.69 Å². The predicted octanol–water partition coefficient (Wildman–Crippen LogP) is 4.44. The van der Waals surface area contributed by atoms with Crippen molar-refractivity contribution in [1.82, 2.24) is 14.6 Å². The number of hydrogen-bond acceptors (Lipinski definition) is 3. The molecule has 0 aliphatic carbocycles. The minimum absolute atomic E-state index is 0.0405. The number of fused-ring (bicyclic) bond motifs is 1. The maximum Gasteiger partial charge on any atom is 0.433 e. The van der Waals surface area contributed by atoms with Gasteiger partial charge in [0.15, 0.2) is 11.3 Å². The molecule has 4 nitrogen and oxygen atoms in total. The number of hydrogen-bond donors (Lipinski definition) is 1. The number of aromatic amines is 1. The molecule has 4 rings (SSSR count). The summed E-state index contributed by atoms with van der Waals surface area (Å²) in [4.78, 5) is 16.3. The summed E-state index contributed by atoms with van der Waals surface area (Å²) in [6, 6.07) is 12.0. The van der Waals surface area contributed by atoms with Crippen LogP contribution in [-0.2, 0) is 6.18 Å². The highest BCUT2D eigenvalue weighted by Gasteiger charge is 2.34. The maximum atomic E-state index is 12.9. The summed E-state index contributed by atoms with van der Waals surface area (Å²) in [7, 11) is 0. The van der Waals surface area contributed by atoms with E-state index in [1.807, 2.05) is 41.8 Å². The van der Waals surface area contributed by atoms with E-state index in [0.717, 1.165) is 20.5 Å². The van der Waals surface area contributed by atoms with E-state index in [4.69, 9.17) is 0 Å². The Labute approximate surface area is 143 Å². The average Bonchev–Trinajstić information content (AvgIpc) is 3.21. The molecule has 1 aromatic carbocycles. The first kappa shape index (κ1) is 15.6. The number of H-pyrrole nitrogens is 1. The Balaban J connectivity index is 1.86. The monoisotopic (exact) mass is 361 g/mol. The van der Waals surface area contributed by atoms with E-state index in [1.54, 1.807) is 0 Å². The van der Waals surface area contributed by atoms with Crippen LogP contribution in [0.3, 0.4) is 0 Å². The number of nitrogens with zero attached hydrogens (tertiary/aromatic N) is 2. The fraction of sp³-hybridized carbons (Fsp3) is 0.0588. The van der Waals surface area contributed by atoms with E-state index in [2.05, 4.69) is 10.1 Å². The minimum Gasteiger partial charge on any atom is -0.296 e. The summed E-state index contributed by atoms with van der Waals surface area (Å²) in [6.45, 7) is 0. The maximum absolute atomic E-state index is 12.9. The van der Waals surface area contributed by atoms with Crippen LogP contribution in [0.5, 0.6) is 0 Å². The lowest BCUT2D eigenvalue weighted by atomic mass is 10.1. The van der Waals surface area contributed by atoms with Gasteiger partial charge >= 0.3 is 6.18 Å². The van der Waals surface area contributed by atoms with Gasteiger partial charge in [-0.05, 0) is 22.6 Å². The lowest BCUT2D eigenvalue weighted by molar-refractivity contribution is -0.141. The van der Waals surface area contributed by atoms with E-state index >= 15 is 0 Å². The van der Waals surface area contributed by atoms with Gasteiger partial charge < -0.3 is 0 Å². The standard InChI is InChI=1S/C17H10F3N3OS/c18-17(19,20)14-7-15(24)23-16(22-14)12(8-21-23)13-6-11(9-25-13)10-4-2-1-3-5-10/h1-9,21H. The fourth-order valence-corrected chi connectivity index (χ4v) is 3.50. The zero-order chi connectivity index (χ0) is 17.6. The van der Waals surface area contributed by atoms with Crippen molar-refractivity contribution in [3.63, 3.8) is 0 Å². The van der Waals surface area contributed by atoms with Gasteiger partial charge in [-0.3, -0.25) is 9.89 Å². The lowest BCUT2D eigenvalue weighted by Gasteiger charge is -2.05. The summed E-state index contributed by atoms with van der Waals surface area (Å²) in [5.41, 5.74) is 0.374. The van der Waals surface area contributed by atoms with Gasteiger partial charge in [-0.1, -0.05) is 30.3 Å². The Morgan fingerprint density at radius 3 is 2.56 bits per heavy atom. The molecule has 4 aromatic rings. The van der Waals surface area contributed by atoms with Crippen LogP contribution >= 0.6 is 11.3 Å². The third-order valence-electron chi connectivity index (χ3n) is 3.76. The number of alkyl halides is 3. The molecule has 0 radical (unpaired) electrons. The molecule has 0 aliphatic rings. The molecule has 0 bridgehead atoms. The summed E-state index contributed by atoms with van der Waals surface area (Å²) in [6.07, 6.45) is -3.18. The van der Waals surface area contributed by atoms with Gasteiger partial charge in [0, 0.05) is 17.1 Å². The minimum atomic E-state index is -4.67. The molecule has 1 N–H and O–H groups in total. The van der Waals surface area contributed by atoms with Crippen molar-refractivity contribution in [3.05, 3.63) is 70.1 Å². The number of aromatic nitrogens is 3. The molecule has 25 heavy (non-hydrogen) atoms. The van der Waals surface area contributed by atoms with Gasteiger partial charge in [-0.15, -0.1) is 11.3 Å². The second kappa shape index (κ2) is 5.59. The Kier molecular flexibility index (Phi) is 3.50. The van der Waals surface area contributed by atoms with Gasteiger partial charge in [0.25, 0.3) is 5.56 Å². The number of halogens is 3. The molecule has 0 amide bonds. The van der Waals surface area contributed by atoms with Crippen molar-refractivity contribution in [3.8, 4) is 21.6 Å². The largest absolute Gasteiger partial charge is 0.433 e. The van der Waals surface area contributed by atoms with E-state index in [1.165, 1.54) is 17.5 Å². The van der Waals surface area contributed by atoms with E-state index in [9.17, 15) is 18.0 Å². The van der Waals surface area contributed by atoms with Crippen molar-refractivity contribution in [2.24, 2.45) is 0 Å². The van der Waals surface area contributed by atoms with Crippen LogP contribution < -0.4 is 5.56 Å². The Bertz CT molecular complexity index is 1110. The first-order chi connectivity index (χ1) is 11.9. The van der Waals surface area contributed by atoms with Crippen molar-refractivity contribution in [2.45, 2.75) is 6.18 Å². The highest BCUT2D eigenvalue weighted by Crippen LogP contribution is 2.35. The van der Waals surface area contributed by atoms with Crippen LogP contribution in [-0.4, -0.2) is 14.6 Å². The summed E-state index contributed by atoms with van der Waals surface area (Å²) < 4.78 is 39.8. The second-order valence-electron chi connectivity index (χ2n) is 5.39. The highest BCUT2D eigenvalue weighted by molar-refractivity contribution is 7.14. The lowest BCUT2D eigenvalue weighted by Crippen LogP contribution is -2.19. The zero-order valence-electron chi connectivity index (χ0n) is 12.5. The van der Waals surface area contributed by atoms with Crippen LogP contribution in [0, 0.1) is 0 Å². The van der Waals surface area contributed by atoms with Crippen LogP contribution in [0.4, 0.5) is 13.2 Å². The van der Waals surface area contributed by atoms with E-state index in [-0.39, 0.29) is 5.65 Å². The van der Waals surface area contributed by atoms with Gasteiger partial charge in [0.1, 0.15) is 0 Å². The smallest absolute Gasteiger partial charge is 0.296 e. The number of thiophene rings is 1. The van der Waals surface area contributed by atoms with E-state index in [0.29, 0.717) is 11.6 Å². The third-order valence-corrected chi connectivity index (χ3v) is 4.72. The molecule has 0 saturated heterocycles. The molecule has 3 heterocycles. The average molecular weight is 361 g/mol. The van der Waals surface area contributed by atoms with Gasteiger partial charge in [0.2, 0.25) is 0 Å². The highest BCUT2D eigenvalue weighted by atomic mass is 32.1. The Morgan fingerprint density at radius 2 is 1.84 bits per heavy atom. The van der Waals surface area contributed by atoms with Gasteiger partial charge in [-0.2, -0.15) is 13.2 Å². The van der Waals surface area contributed by atoms with Crippen molar-refractivity contribution >= 4 is 17.0 Å². The van der Waals surface area contributed by atoms with Crippen LogP contribution in [0.2, 0.25) is 0 Å². The fourth-order valence-electron chi connectivity index (χ4n) is 2.57. The summed E-state index contributed by atoms with van der Waals surface area (Å²) in [5.74, 6) is 0. The summed E-state index contributed by atoms with van der Waals surface area (Å²) in [5, 5.41) is 4.58. The Morgan fingerprint density at radius 1 is 1.08 bits per heavy atom. The molecule has 0 fully saturated rings. The molecule has 0 unspecified atom stereocenters. The van der Waals surface area contributed by atoms with E-state index < -0.39 is 17.4 Å². The SMILES string of the molecule is O=c1cc(C(F)(F)F)nc2c(-c3cc(-c4ccccc4)cs3)c[nH]n12. The molecule has 3 aromatic heterocycles. The predicted molar refractivity (Wildman–Crippen MR) is 89.6 cm³/mol. The van der Waals surface area contributed by atoms with Crippen molar-refractivity contribution < 1.29 is 13.2 Å². The second-order valence-corrected chi connectivity index (χ2v) is 6.30. The number of rotatable bonds is 2. The molecular formula is C17H10F3N3OS. The molecule has 0 atom stereocenters. The molecule has 0 aliphatic heterocycles. The molecular weight excluding hydrogens is 351 g/mol. The van der Waals surface area contributed by atoms with Gasteiger partial charge in [-0.25, -0.2) is 9.50 Å². The zero-order valence-corrected chi connectivity index (χ0v) is 13.4. The quantitative estimate of drug-likeness (QED) is 0.574. The Hall–Kier alpha value is -2.87. The van der Waals surface area contributed by atoms with Crippen LogP contribution in [0.15, 0.2) is 58.8 Å². The third kappa shape index (κ3) is 2.74. The molecule has 126 valence electrons. The van der Waals surface area contributed by atoms with Crippen LogP contribution in [0.25, 0.3) is 27.2 Å². The number of benzene rings is 1.